The van der Waals surface area contributed by atoms with Crippen molar-refractivity contribution in [3.05, 3.63) is 13.6 Å². The first-order chi connectivity index (χ1) is 2.77. The molecule has 0 aliphatic rings. The molecule has 0 aromatic carbocycles. The van der Waals surface area contributed by atoms with Gasteiger partial charge in [-0.3, -0.25) is 0 Å². The van der Waals surface area contributed by atoms with Gasteiger partial charge in [-0.05, 0) is 6.16 Å². The van der Waals surface area contributed by atoms with Crippen LogP contribution in [-0.2, 0) is 4.57 Å². The Morgan fingerprint density at radius 1 is 1.75 bits per heavy atom. The van der Waals surface area contributed by atoms with Crippen LogP contribution in [0, 0.1) is 13.6 Å². The molecule has 0 aromatic rings. The van der Waals surface area contributed by atoms with E-state index in [1.54, 1.807) is 0 Å². The van der Waals surface area contributed by atoms with Crippen LogP contribution in [0.4, 0.5) is 0 Å². The Balaban J connectivity index is -0.000000125. The van der Waals surface area contributed by atoms with Crippen molar-refractivity contribution in [1.29, 1.82) is 0 Å². The fourth-order valence-electron chi connectivity index (χ4n) is 0.156. The molecular formula is C4H10MgO2P+. The van der Waals surface area contributed by atoms with Gasteiger partial charge in [-0.1, -0.05) is 11.5 Å². The average molecular weight is 145 g/mol. The second kappa shape index (κ2) is 10.7. The Morgan fingerprint density at radius 2 is 2.12 bits per heavy atom. The quantitative estimate of drug-likeness (QED) is 0.362. The fourth-order valence-corrected chi connectivity index (χ4v) is 0.469. The summed E-state index contributed by atoms with van der Waals surface area (Å²) < 4.78 is 9.69. The van der Waals surface area contributed by atoms with Crippen LogP contribution in [0.1, 0.15) is 13.3 Å². The molecule has 8 heavy (non-hydrogen) atoms. The normalized spacial score (nSPS) is 8.50. The minimum Gasteiger partial charge on any atom is -0.358 e. The molecule has 0 bridgehead atoms. The van der Waals surface area contributed by atoms with Crippen LogP contribution in [-0.4, -0.2) is 27.9 Å². The van der Waals surface area contributed by atoms with Crippen molar-refractivity contribution in [2.75, 3.05) is 0 Å². The van der Waals surface area contributed by atoms with E-state index in [1.807, 2.05) is 6.92 Å². The summed E-state index contributed by atoms with van der Waals surface area (Å²) in [7, 11) is -1.98. The Morgan fingerprint density at radius 3 is 2.12 bits per heavy atom. The van der Waals surface area contributed by atoms with Gasteiger partial charge in [0.05, 0.1) is 0 Å². The van der Waals surface area contributed by atoms with Crippen LogP contribution in [0.3, 0.4) is 0 Å². The zero-order valence-corrected chi connectivity index (χ0v) is 7.60. The van der Waals surface area contributed by atoms with Gasteiger partial charge in [-0.2, -0.15) is 4.89 Å². The molecule has 0 amide bonds. The Labute approximate surface area is 67.7 Å². The van der Waals surface area contributed by atoms with Crippen molar-refractivity contribution in [3.63, 3.8) is 0 Å². The van der Waals surface area contributed by atoms with E-state index in [1.165, 1.54) is 6.16 Å². The summed E-state index contributed by atoms with van der Waals surface area (Å²) in [5.74, 6) is 0. The van der Waals surface area contributed by atoms with Gasteiger partial charge >= 0.3 is 31.1 Å². The number of hydrogen-bond donors (Lipinski definition) is 1. The standard InChI is InChI=1S/C3H7O2P.CH3.Mg/c1-2-3-6(4)5;;/h3H,2H2,1H3,(H,4,5);1H3;/q;-1;+2. The predicted molar refractivity (Wildman–Crippen MR) is 36.6 cm³/mol. The van der Waals surface area contributed by atoms with E-state index in [9.17, 15) is 4.57 Å². The molecule has 0 spiro atoms. The van der Waals surface area contributed by atoms with Crippen molar-refractivity contribution in [2.24, 2.45) is 0 Å². The van der Waals surface area contributed by atoms with Crippen molar-refractivity contribution in [2.45, 2.75) is 13.3 Å². The van der Waals surface area contributed by atoms with Crippen molar-refractivity contribution in [1.82, 2.24) is 0 Å². The summed E-state index contributed by atoms with van der Waals surface area (Å²) >= 11 is 0. The van der Waals surface area contributed by atoms with E-state index < -0.39 is 8.03 Å². The van der Waals surface area contributed by atoms with Crippen LogP contribution < -0.4 is 0 Å². The molecule has 0 aliphatic heterocycles. The van der Waals surface area contributed by atoms with Crippen LogP contribution in [0.15, 0.2) is 0 Å². The smallest absolute Gasteiger partial charge is 0.358 e. The van der Waals surface area contributed by atoms with Crippen LogP contribution in [0.25, 0.3) is 0 Å². The van der Waals surface area contributed by atoms with Gasteiger partial charge in [0.1, 0.15) is 0 Å². The Bertz CT molecular complexity index is 58.0. The van der Waals surface area contributed by atoms with E-state index in [0.29, 0.717) is 6.42 Å². The predicted octanol–water partition coefficient (Wildman–Crippen LogP) is 1.36. The molecule has 0 aliphatic carbocycles. The molecule has 0 heterocycles. The fraction of sp³-hybridized carbons (Fsp3) is 0.500. The molecule has 0 fully saturated rings. The zero-order chi connectivity index (χ0) is 4.99. The van der Waals surface area contributed by atoms with Gasteiger partial charge in [-0.15, -0.1) is 6.42 Å². The Kier molecular flexibility index (Phi) is 21.4. The third-order valence-corrected chi connectivity index (χ3v) is 1.02. The molecule has 1 unspecified atom stereocenters. The van der Waals surface area contributed by atoms with Crippen molar-refractivity contribution in [3.8, 4) is 0 Å². The minimum atomic E-state index is -1.98. The summed E-state index contributed by atoms with van der Waals surface area (Å²) in [5.41, 5.74) is 0. The summed E-state index contributed by atoms with van der Waals surface area (Å²) in [6.45, 7) is 1.82. The molecule has 4 heteroatoms. The summed E-state index contributed by atoms with van der Waals surface area (Å²) in [5, 5.41) is 0. The van der Waals surface area contributed by atoms with E-state index in [4.69, 9.17) is 4.89 Å². The van der Waals surface area contributed by atoms with Gasteiger partial charge in [0.15, 0.2) is 0 Å². The monoisotopic (exact) mass is 145 g/mol. The SMILES string of the molecule is CC[CH-][P+](=O)O.[CH3-].[Mg+2]. The van der Waals surface area contributed by atoms with Crippen molar-refractivity contribution < 1.29 is 9.46 Å². The topological polar surface area (TPSA) is 37.3 Å². The molecule has 0 radical (unpaired) electrons. The van der Waals surface area contributed by atoms with Gasteiger partial charge < -0.3 is 7.43 Å². The molecule has 0 saturated heterocycles. The second-order valence-electron chi connectivity index (χ2n) is 0.893. The first-order valence-corrected chi connectivity index (χ1v) is 3.04. The van der Waals surface area contributed by atoms with E-state index in [-0.39, 0.29) is 30.5 Å². The molecule has 0 saturated carbocycles. The third kappa shape index (κ3) is 15.8. The van der Waals surface area contributed by atoms with Gasteiger partial charge in [0.2, 0.25) is 0 Å². The maximum atomic E-state index is 9.69. The van der Waals surface area contributed by atoms with Crippen LogP contribution in [0.5, 0.6) is 0 Å². The first-order valence-electron chi connectivity index (χ1n) is 1.76. The van der Waals surface area contributed by atoms with E-state index in [0.717, 1.165) is 0 Å². The maximum absolute atomic E-state index is 9.69. The van der Waals surface area contributed by atoms with E-state index in [2.05, 4.69) is 0 Å². The van der Waals surface area contributed by atoms with Gasteiger partial charge in [-0.25, -0.2) is 0 Å². The van der Waals surface area contributed by atoms with Gasteiger partial charge in [0.25, 0.3) is 0 Å². The largest absolute Gasteiger partial charge is 2.00 e. The van der Waals surface area contributed by atoms with Crippen LogP contribution >= 0.6 is 8.03 Å². The first kappa shape index (κ1) is 15.9. The number of rotatable bonds is 2. The van der Waals surface area contributed by atoms with Crippen molar-refractivity contribution >= 4 is 31.1 Å². The second-order valence-corrected chi connectivity index (χ2v) is 1.86. The average Bonchev–Trinajstić information content (AvgIpc) is 1.35. The molecule has 1 atom stereocenters. The van der Waals surface area contributed by atoms with E-state index >= 15 is 0 Å². The zero-order valence-electron chi connectivity index (χ0n) is 5.29. The summed E-state index contributed by atoms with van der Waals surface area (Å²) in [6, 6.07) is 0. The summed E-state index contributed by atoms with van der Waals surface area (Å²) in [6.07, 6.45) is 2.03. The molecular weight excluding hydrogens is 135 g/mol. The van der Waals surface area contributed by atoms with Gasteiger partial charge in [0, 0.05) is 0 Å². The third-order valence-electron chi connectivity index (χ3n) is 0.339. The minimum absolute atomic E-state index is 0. The Hall–Kier alpha value is 0.826. The molecule has 0 aromatic heterocycles. The summed E-state index contributed by atoms with van der Waals surface area (Å²) in [4.78, 5) is 8.01. The van der Waals surface area contributed by atoms with Crippen LogP contribution in [0.2, 0.25) is 0 Å². The molecule has 44 valence electrons. The maximum Gasteiger partial charge on any atom is 2.00 e. The molecule has 2 nitrogen and oxygen atoms in total. The molecule has 0 rings (SSSR count). The number of hydrogen-bond acceptors (Lipinski definition) is 1. The molecule has 1 N–H and O–H groups in total.